The summed E-state index contributed by atoms with van der Waals surface area (Å²) in [5.74, 6) is 3.93. The molecule has 0 N–H and O–H groups in total. The largest absolute Gasteiger partial charge is 0.497 e. The molecule has 0 aliphatic carbocycles. The van der Waals surface area contributed by atoms with Gasteiger partial charge in [-0.2, -0.15) is 10.5 Å². The van der Waals surface area contributed by atoms with Gasteiger partial charge in [-0.1, -0.05) is 51.8 Å². The number of benzene rings is 2. The number of halogens is 2. The Morgan fingerprint density at radius 1 is 0.672 bits per heavy atom. The normalized spacial score (nSPS) is 14.2. The number of methoxy groups -OCH3 is 2. The lowest BCUT2D eigenvalue weighted by atomic mass is 9.92. The van der Waals surface area contributed by atoms with Crippen LogP contribution >= 0.6 is 27.5 Å². The zero-order valence-corrected chi connectivity index (χ0v) is 39.4. The van der Waals surface area contributed by atoms with Crippen LogP contribution in [0.25, 0.3) is 21.8 Å². The van der Waals surface area contributed by atoms with Gasteiger partial charge in [0.25, 0.3) is 11.1 Å². The van der Waals surface area contributed by atoms with E-state index in [1.54, 1.807) is 32.6 Å². The molecular formula is C48H52BrClN8O6. The Bertz CT molecular complexity index is 2810. The SMILES string of the molecule is BrCC1CCOCC1.COc1ccc(Cn2c(C)nc3c(C)nc(CC4CCOCC4)c(C#N)c3c2=O)cc1.COc1ccc(Cn2c(C)nc3c(C)nc(Cl)c(C#N)c3c2=O)cc1. The van der Waals surface area contributed by atoms with Gasteiger partial charge in [-0.3, -0.25) is 23.7 Å². The summed E-state index contributed by atoms with van der Waals surface area (Å²) in [5.41, 5.74) is 4.62. The van der Waals surface area contributed by atoms with Gasteiger partial charge in [0, 0.05) is 31.8 Å². The van der Waals surface area contributed by atoms with Crippen LogP contribution < -0.4 is 20.6 Å². The predicted molar refractivity (Wildman–Crippen MR) is 250 cm³/mol. The number of aryl methyl sites for hydroxylation is 4. The number of ether oxygens (including phenoxy) is 4. The summed E-state index contributed by atoms with van der Waals surface area (Å²) in [6.07, 6.45) is 5.04. The number of rotatable bonds is 9. The molecule has 14 nitrogen and oxygen atoms in total. The zero-order valence-electron chi connectivity index (χ0n) is 37.0. The number of nitrogens with zero attached hydrogens (tertiary/aromatic N) is 8. The van der Waals surface area contributed by atoms with Crippen molar-refractivity contribution in [2.24, 2.45) is 11.8 Å². The first-order valence-electron chi connectivity index (χ1n) is 21.2. The topological polar surface area (TPSA) is 180 Å². The van der Waals surface area contributed by atoms with E-state index < -0.39 is 0 Å². The molecule has 0 unspecified atom stereocenters. The molecule has 2 fully saturated rings. The van der Waals surface area contributed by atoms with Crippen molar-refractivity contribution in [3.63, 3.8) is 0 Å². The second kappa shape index (κ2) is 22.3. The quantitative estimate of drug-likeness (QED) is 0.101. The van der Waals surface area contributed by atoms with Crippen molar-refractivity contribution in [1.82, 2.24) is 29.1 Å². The minimum atomic E-state index is -0.303. The highest BCUT2D eigenvalue weighted by molar-refractivity contribution is 9.09. The molecule has 2 aromatic carbocycles. The fourth-order valence-corrected chi connectivity index (χ4v) is 8.72. The Kier molecular flexibility index (Phi) is 16.6. The Hall–Kier alpha value is -5.71. The van der Waals surface area contributed by atoms with Gasteiger partial charge in [0.1, 0.15) is 57.0 Å². The number of alkyl halides is 1. The van der Waals surface area contributed by atoms with Crippen LogP contribution in [-0.4, -0.2) is 75.0 Å². The van der Waals surface area contributed by atoms with Gasteiger partial charge in [0.05, 0.1) is 60.7 Å². The molecule has 6 aromatic rings. The Morgan fingerprint density at radius 3 is 1.50 bits per heavy atom. The third-order valence-electron chi connectivity index (χ3n) is 11.6. The molecule has 16 heteroatoms. The van der Waals surface area contributed by atoms with Crippen molar-refractivity contribution in [2.45, 2.75) is 72.9 Å². The lowest BCUT2D eigenvalue weighted by molar-refractivity contribution is 0.0662. The first-order chi connectivity index (χ1) is 30.9. The van der Waals surface area contributed by atoms with Gasteiger partial charge in [0.2, 0.25) is 0 Å². The van der Waals surface area contributed by atoms with Crippen LogP contribution in [0.5, 0.6) is 11.5 Å². The van der Waals surface area contributed by atoms with E-state index in [0.29, 0.717) is 76.1 Å². The highest BCUT2D eigenvalue weighted by Crippen LogP contribution is 2.27. The molecule has 8 rings (SSSR count). The molecule has 0 radical (unpaired) electrons. The second-order valence-electron chi connectivity index (χ2n) is 15.8. The molecular weight excluding hydrogens is 900 g/mol. The lowest BCUT2D eigenvalue weighted by Gasteiger charge is -2.22. The Balaban J connectivity index is 0.000000184. The van der Waals surface area contributed by atoms with Crippen molar-refractivity contribution in [2.75, 3.05) is 46.0 Å². The van der Waals surface area contributed by atoms with Crippen LogP contribution in [0.4, 0.5) is 0 Å². The third-order valence-corrected chi connectivity index (χ3v) is 12.8. The van der Waals surface area contributed by atoms with Crippen LogP contribution in [0, 0.1) is 62.2 Å². The fourth-order valence-electron chi connectivity index (χ4n) is 7.81. The molecule has 0 spiro atoms. The van der Waals surface area contributed by atoms with E-state index in [0.717, 1.165) is 73.1 Å². The molecule has 0 saturated carbocycles. The maximum absolute atomic E-state index is 13.6. The molecule has 4 aromatic heterocycles. The molecule has 0 bridgehead atoms. The minimum absolute atomic E-state index is 0.0197. The average Bonchev–Trinajstić information content (AvgIpc) is 3.31. The van der Waals surface area contributed by atoms with Crippen molar-refractivity contribution < 1.29 is 18.9 Å². The van der Waals surface area contributed by atoms with Crippen LogP contribution in [0.1, 0.15) is 76.7 Å². The van der Waals surface area contributed by atoms with Gasteiger partial charge >= 0.3 is 0 Å². The monoisotopic (exact) mass is 950 g/mol. The number of aromatic nitrogens is 6. The fraction of sp³-hybridized carbons (Fsp3) is 0.417. The summed E-state index contributed by atoms with van der Waals surface area (Å²) >= 11 is 9.50. The maximum atomic E-state index is 13.6. The van der Waals surface area contributed by atoms with Gasteiger partial charge in [-0.25, -0.2) is 15.0 Å². The Morgan fingerprint density at radius 2 is 1.09 bits per heavy atom. The van der Waals surface area contributed by atoms with Crippen molar-refractivity contribution in [3.8, 4) is 23.6 Å². The van der Waals surface area contributed by atoms with Crippen molar-refractivity contribution in [3.05, 3.63) is 125 Å². The zero-order chi connectivity index (χ0) is 45.9. The second-order valence-corrected chi connectivity index (χ2v) is 16.8. The predicted octanol–water partition coefficient (Wildman–Crippen LogP) is 8.10. The van der Waals surface area contributed by atoms with Gasteiger partial charge in [-0.15, -0.1) is 0 Å². The first kappa shape index (κ1) is 47.8. The standard InChI is InChI=1S/C24H26N4O3.C18H15ClN4O2.C6H11BrO/c1-15-23-22(20(13-25)21(26-15)12-17-8-10-31-11-9-17)24(29)28(16(2)27-23)14-18-4-6-19(30-3)7-5-18;1-10-16-15(14(8-20)17(19)21-10)18(24)23(11(2)22-16)9-12-4-6-13(25-3)7-5-12;7-5-6-1-3-8-4-2-6/h4-7,17H,8-12,14H2,1-3H3;4-7H,9H2,1-3H3;6H,1-5H2. The summed E-state index contributed by atoms with van der Waals surface area (Å²) < 4.78 is 24.1. The van der Waals surface area contributed by atoms with Crippen LogP contribution in [-0.2, 0) is 29.0 Å². The molecule has 0 amide bonds. The van der Waals surface area contributed by atoms with E-state index >= 15 is 0 Å². The molecule has 2 saturated heterocycles. The molecule has 0 atom stereocenters. The summed E-state index contributed by atoms with van der Waals surface area (Å²) in [6, 6.07) is 19.2. The van der Waals surface area contributed by atoms with E-state index in [4.69, 9.17) is 35.5 Å². The molecule has 6 heterocycles. The van der Waals surface area contributed by atoms with E-state index in [2.05, 4.69) is 37.0 Å². The number of hydrogen-bond donors (Lipinski definition) is 0. The molecule has 2 aliphatic rings. The highest BCUT2D eigenvalue weighted by atomic mass is 79.9. The number of hydrogen-bond acceptors (Lipinski definition) is 12. The highest BCUT2D eigenvalue weighted by Gasteiger charge is 2.23. The number of fused-ring (bicyclic) bond motifs is 2. The van der Waals surface area contributed by atoms with Gasteiger partial charge in [-0.05, 0) is 107 Å². The van der Waals surface area contributed by atoms with E-state index in [9.17, 15) is 20.1 Å². The van der Waals surface area contributed by atoms with Crippen molar-refractivity contribution >= 4 is 49.3 Å². The summed E-state index contributed by atoms with van der Waals surface area (Å²) in [5, 5.41) is 21.1. The summed E-state index contributed by atoms with van der Waals surface area (Å²) in [4.78, 5) is 44.5. The van der Waals surface area contributed by atoms with E-state index in [-0.39, 0.29) is 27.2 Å². The first-order valence-corrected chi connectivity index (χ1v) is 22.7. The third kappa shape index (κ3) is 11.1. The summed E-state index contributed by atoms with van der Waals surface area (Å²) in [6.45, 7) is 11.2. The Labute approximate surface area is 385 Å². The molecule has 2 aliphatic heterocycles. The number of nitriles is 2. The van der Waals surface area contributed by atoms with Gasteiger partial charge in [0.15, 0.2) is 0 Å². The van der Waals surface area contributed by atoms with E-state index in [1.165, 1.54) is 17.4 Å². The smallest absolute Gasteiger partial charge is 0.263 e. The van der Waals surface area contributed by atoms with Crippen LogP contribution in [0.15, 0.2) is 58.1 Å². The average molecular weight is 952 g/mol. The van der Waals surface area contributed by atoms with Crippen LogP contribution in [0.3, 0.4) is 0 Å². The van der Waals surface area contributed by atoms with Crippen LogP contribution in [0.2, 0.25) is 5.15 Å². The van der Waals surface area contributed by atoms with Crippen molar-refractivity contribution in [1.29, 1.82) is 10.5 Å². The number of pyridine rings is 2. The van der Waals surface area contributed by atoms with Gasteiger partial charge < -0.3 is 18.9 Å². The van der Waals surface area contributed by atoms with E-state index in [1.807, 2.05) is 68.4 Å². The summed E-state index contributed by atoms with van der Waals surface area (Å²) in [7, 11) is 3.22. The molecule has 334 valence electrons. The minimum Gasteiger partial charge on any atom is -0.497 e. The molecule has 64 heavy (non-hydrogen) atoms. The maximum Gasteiger partial charge on any atom is 0.263 e. The lowest BCUT2D eigenvalue weighted by Crippen LogP contribution is -2.26.